The second-order valence-electron chi connectivity index (χ2n) is 4.32. The van der Waals surface area contributed by atoms with Crippen molar-refractivity contribution in [2.45, 2.75) is 20.1 Å². The summed E-state index contributed by atoms with van der Waals surface area (Å²) in [7, 11) is 0. The number of ether oxygens (including phenoxy) is 1. The van der Waals surface area contributed by atoms with Crippen LogP contribution in [0.15, 0.2) is 36.4 Å². The lowest BCUT2D eigenvalue weighted by Crippen LogP contribution is -2.06. The van der Waals surface area contributed by atoms with Gasteiger partial charge >= 0.3 is 0 Å². The monoisotopic (exact) mass is 263 g/mol. The third-order valence-electron chi connectivity index (χ3n) is 2.92. The van der Waals surface area contributed by atoms with Gasteiger partial charge in [0.05, 0.1) is 0 Å². The van der Waals surface area contributed by atoms with E-state index in [2.05, 4.69) is 0 Å². The van der Waals surface area contributed by atoms with Crippen molar-refractivity contribution in [3.8, 4) is 5.75 Å². The molecule has 0 atom stereocenters. The maximum Gasteiger partial charge on any atom is 0.126 e. The zero-order chi connectivity index (χ0) is 13.8. The van der Waals surface area contributed by atoms with Gasteiger partial charge in [-0.2, -0.15) is 0 Å². The summed E-state index contributed by atoms with van der Waals surface area (Å²) < 4.78 is 31.8. The molecule has 0 aliphatic rings. The smallest absolute Gasteiger partial charge is 0.126 e. The lowest BCUT2D eigenvalue weighted by atomic mass is 10.1. The molecule has 0 aliphatic heterocycles. The molecule has 0 aliphatic carbocycles. The second-order valence-corrected chi connectivity index (χ2v) is 4.32. The molecule has 0 saturated heterocycles. The lowest BCUT2D eigenvalue weighted by molar-refractivity contribution is 0.301. The quantitative estimate of drug-likeness (QED) is 0.918. The second kappa shape index (κ2) is 5.80. The molecule has 0 radical (unpaired) electrons. The molecule has 2 aromatic carbocycles. The molecular weight excluding hydrogens is 248 g/mol. The third-order valence-corrected chi connectivity index (χ3v) is 2.92. The standard InChI is InChI=1S/C15H15F2NO/c1-10-2-4-14(17)7-15(10)19-9-11-3-5-13(16)6-12(11)8-18/h2-7H,8-9,18H2,1H3. The zero-order valence-electron chi connectivity index (χ0n) is 10.6. The number of aryl methyl sites for hydroxylation is 1. The first-order chi connectivity index (χ1) is 9.10. The van der Waals surface area contributed by atoms with Gasteiger partial charge in [0.2, 0.25) is 0 Å². The summed E-state index contributed by atoms with van der Waals surface area (Å²) in [5, 5.41) is 0. The Balaban J connectivity index is 2.16. The van der Waals surface area contributed by atoms with Gasteiger partial charge in [-0.05, 0) is 41.8 Å². The van der Waals surface area contributed by atoms with E-state index in [1.165, 1.54) is 24.3 Å². The first-order valence-corrected chi connectivity index (χ1v) is 5.96. The molecule has 0 unspecified atom stereocenters. The van der Waals surface area contributed by atoms with E-state index in [1.54, 1.807) is 12.1 Å². The fourth-order valence-electron chi connectivity index (χ4n) is 1.81. The molecule has 0 heterocycles. The average Bonchev–Trinajstić information content (AvgIpc) is 2.40. The first-order valence-electron chi connectivity index (χ1n) is 5.96. The van der Waals surface area contributed by atoms with E-state index < -0.39 is 0 Å². The molecule has 2 nitrogen and oxygen atoms in total. The first kappa shape index (κ1) is 13.5. The van der Waals surface area contributed by atoms with Crippen molar-refractivity contribution in [2.75, 3.05) is 0 Å². The fraction of sp³-hybridized carbons (Fsp3) is 0.200. The minimum Gasteiger partial charge on any atom is -0.489 e. The van der Waals surface area contributed by atoms with Crippen LogP contribution in [0.2, 0.25) is 0 Å². The molecule has 19 heavy (non-hydrogen) atoms. The van der Waals surface area contributed by atoms with E-state index in [1.807, 2.05) is 6.92 Å². The number of hydrogen-bond acceptors (Lipinski definition) is 2. The maximum atomic E-state index is 13.1. The largest absolute Gasteiger partial charge is 0.489 e. The average molecular weight is 263 g/mol. The molecule has 2 rings (SSSR count). The summed E-state index contributed by atoms with van der Waals surface area (Å²) in [4.78, 5) is 0. The molecule has 2 aromatic rings. The molecule has 0 bridgehead atoms. The Bertz CT molecular complexity index is 584. The summed E-state index contributed by atoms with van der Waals surface area (Å²) >= 11 is 0. The van der Waals surface area contributed by atoms with Gasteiger partial charge in [0.15, 0.2) is 0 Å². The molecule has 4 heteroatoms. The van der Waals surface area contributed by atoms with E-state index in [0.29, 0.717) is 11.3 Å². The van der Waals surface area contributed by atoms with Crippen molar-refractivity contribution in [2.24, 2.45) is 5.73 Å². The Labute approximate surface area is 110 Å². The summed E-state index contributed by atoms with van der Waals surface area (Å²) in [5.41, 5.74) is 7.89. The van der Waals surface area contributed by atoms with E-state index in [-0.39, 0.29) is 24.8 Å². The minimum absolute atomic E-state index is 0.233. The third kappa shape index (κ3) is 3.29. The zero-order valence-corrected chi connectivity index (χ0v) is 10.6. The van der Waals surface area contributed by atoms with Crippen molar-refractivity contribution in [3.63, 3.8) is 0 Å². The highest BCUT2D eigenvalue weighted by Crippen LogP contribution is 2.21. The van der Waals surface area contributed by atoms with Crippen molar-refractivity contribution in [1.29, 1.82) is 0 Å². The van der Waals surface area contributed by atoms with Gasteiger partial charge in [0.1, 0.15) is 24.0 Å². The number of halogens is 2. The van der Waals surface area contributed by atoms with Crippen molar-refractivity contribution >= 4 is 0 Å². The van der Waals surface area contributed by atoms with E-state index in [0.717, 1.165) is 11.1 Å². The number of nitrogens with two attached hydrogens (primary N) is 1. The Morgan fingerprint density at radius 2 is 1.68 bits per heavy atom. The highest BCUT2D eigenvalue weighted by Gasteiger charge is 2.06. The molecule has 0 aromatic heterocycles. The van der Waals surface area contributed by atoms with Crippen LogP contribution in [-0.2, 0) is 13.2 Å². The Morgan fingerprint density at radius 3 is 2.42 bits per heavy atom. The molecule has 0 fully saturated rings. The van der Waals surface area contributed by atoms with Gasteiger partial charge < -0.3 is 10.5 Å². The van der Waals surface area contributed by atoms with Gasteiger partial charge in [-0.3, -0.25) is 0 Å². The molecule has 0 spiro atoms. The van der Waals surface area contributed by atoms with Gasteiger partial charge in [-0.25, -0.2) is 8.78 Å². The normalized spacial score (nSPS) is 10.5. The van der Waals surface area contributed by atoms with Gasteiger partial charge in [-0.15, -0.1) is 0 Å². The molecule has 100 valence electrons. The predicted molar refractivity (Wildman–Crippen MR) is 69.8 cm³/mol. The molecular formula is C15H15F2NO. The van der Waals surface area contributed by atoms with E-state index in [9.17, 15) is 8.78 Å². The van der Waals surface area contributed by atoms with Crippen LogP contribution in [0.5, 0.6) is 5.75 Å². The van der Waals surface area contributed by atoms with Crippen LogP contribution < -0.4 is 10.5 Å². The summed E-state index contributed by atoms with van der Waals surface area (Å²) in [6.07, 6.45) is 0. The highest BCUT2D eigenvalue weighted by atomic mass is 19.1. The Hall–Kier alpha value is -1.94. The number of rotatable bonds is 4. The van der Waals surface area contributed by atoms with E-state index in [4.69, 9.17) is 10.5 Å². The molecule has 0 saturated carbocycles. The predicted octanol–water partition coefficient (Wildman–Crippen LogP) is 3.31. The van der Waals surface area contributed by atoms with Gasteiger partial charge in [0, 0.05) is 12.6 Å². The SMILES string of the molecule is Cc1ccc(F)cc1OCc1ccc(F)cc1CN. The lowest BCUT2D eigenvalue weighted by Gasteiger charge is -2.12. The van der Waals surface area contributed by atoms with E-state index >= 15 is 0 Å². The topological polar surface area (TPSA) is 35.2 Å². The maximum absolute atomic E-state index is 13.1. The van der Waals surface area contributed by atoms with Crippen molar-refractivity contribution in [1.82, 2.24) is 0 Å². The van der Waals surface area contributed by atoms with Crippen LogP contribution in [0.1, 0.15) is 16.7 Å². The van der Waals surface area contributed by atoms with Crippen LogP contribution in [0.3, 0.4) is 0 Å². The molecule has 0 amide bonds. The van der Waals surface area contributed by atoms with Crippen LogP contribution in [0, 0.1) is 18.6 Å². The van der Waals surface area contributed by atoms with Crippen LogP contribution >= 0.6 is 0 Å². The summed E-state index contributed by atoms with van der Waals surface area (Å²) in [6.45, 7) is 2.30. The van der Waals surface area contributed by atoms with Crippen LogP contribution in [0.25, 0.3) is 0 Å². The number of hydrogen-bond donors (Lipinski definition) is 1. The summed E-state index contributed by atoms with van der Waals surface area (Å²) in [6, 6.07) is 8.74. The Morgan fingerprint density at radius 1 is 1.00 bits per heavy atom. The number of benzene rings is 2. The fourth-order valence-corrected chi connectivity index (χ4v) is 1.81. The van der Waals surface area contributed by atoms with Gasteiger partial charge in [-0.1, -0.05) is 12.1 Å². The molecule has 2 N–H and O–H groups in total. The highest BCUT2D eigenvalue weighted by molar-refractivity contribution is 5.34. The van der Waals surface area contributed by atoms with Crippen molar-refractivity contribution in [3.05, 3.63) is 64.7 Å². The minimum atomic E-state index is -0.348. The van der Waals surface area contributed by atoms with Gasteiger partial charge in [0.25, 0.3) is 0 Å². The van der Waals surface area contributed by atoms with Crippen LogP contribution in [-0.4, -0.2) is 0 Å². The Kier molecular flexibility index (Phi) is 4.12. The van der Waals surface area contributed by atoms with Crippen LogP contribution in [0.4, 0.5) is 8.78 Å². The van der Waals surface area contributed by atoms with Crippen molar-refractivity contribution < 1.29 is 13.5 Å². The summed E-state index contributed by atoms with van der Waals surface area (Å²) in [5.74, 6) is -0.197.